The number of carbonyl (C=O) groups excluding carboxylic acids is 1. The van der Waals surface area contributed by atoms with E-state index >= 15 is 0 Å². The van der Waals surface area contributed by atoms with Crippen molar-refractivity contribution >= 4 is 11.7 Å². The number of hydrogen-bond acceptors (Lipinski definition) is 2. The number of nitrogens with one attached hydrogen (secondary N) is 1. The Kier molecular flexibility index (Phi) is 4.60. The molecule has 1 aliphatic rings. The normalized spacial score (nSPS) is 17.8. The molecule has 1 fully saturated rings. The first-order valence-corrected chi connectivity index (χ1v) is 8.21. The van der Waals surface area contributed by atoms with E-state index in [9.17, 15) is 4.79 Å². The summed E-state index contributed by atoms with van der Waals surface area (Å²) in [5, 5.41) is 3.03. The largest absolute Gasteiger partial charge is 0.324 e. The smallest absolute Gasteiger partial charge is 0.321 e. The van der Waals surface area contributed by atoms with Gasteiger partial charge in [0.15, 0.2) is 0 Å². The van der Waals surface area contributed by atoms with Crippen LogP contribution in [0.4, 0.5) is 10.5 Å². The number of rotatable bonds is 2. The highest BCUT2D eigenvalue weighted by atomic mass is 16.2. The minimum Gasteiger partial charge on any atom is -0.324 e. The van der Waals surface area contributed by atoms with Gasteiger partial charge in [-0.15, -0.1) is 0 Å². The number of piperidine rings is 1. The van der Waals surface area contributed by atoms with Gasteiger partial charge in [0, 0.05) is 30.5 Å². The van der Waals surface area contributed by atoms with Crippen molar-refractivity contribution in [3.8, 4) is 11.3 Å². The van der Waals surface area contributed by atoms with Crippen molar-refractivity contribution in [2.24, 2.45) is 5.92 Å². The van der Waals surface area contributed by atoms with E-state index in [1.165, 1.54) is 6.42 Å². The number of carbonyl (C=O) groups is 1. The Bertz CT molecular complexity index is 684. The highest BCUT2D eigenvalue weighted by Crippen LogP contribution is 2.25. The van der Waals surface area contributed by atoms with Crippen LogP contribution in [0, 0.1) is 12.8 Å². The van der Waals surface area contributed by atoms with Crippen molar-refractivity contribution in [1.82, 2.24) is 9.88 Å². The number of anilines is 1. The van der Waals surface area contributed by atoms with E-state index in [1.54, 1.807) is 6.20 Å². The number of hydrogen-bond donors (Lipinski definition) is 1. The van der Waals surface area contributed by atoms with Crippen molar-refractivity contribution in [1.29, 1.82) is 0 Å². The number of amides is 2. The van der Waals surface area contributed by atoms with E-state index in [0.29, 0.717) is 5.92 Å². The fourth-order valence-corrected chi connectivity index (χ4v) is 3.07. The molecule has 4 nitrogen and oxygen atoms in total. The summed E-state index contributed by atoms with van der Waals surface area (Å²) in [5.41, 5.74) is 3.94. The second kappa shape index (κ2) is 6.82. The second-order valence-electron chi connectivity index (χ2n) is 6.37. The van der Waals surface area contributed by atoms with Gasteiger partial charge in [-0.2, -0.15) is 0 Å². The lowest BCUT2D eigenvalue weighted by molar-refractivity contribution is 0.182. The first kappa shape index (κ1) is 15.5. The maximum atomic E-state index is 12.4. The van der Waals surface area contributed by atoms with Gasteiger partial charge in [0.1, 0.15) is 0 Å². The molecule has 1 saturated heterocycles. The van der Waals surface area contributed by atoms with Gasteiger partial charge in [-0.1, -0.05) is 19.1 Å². The van der Waals surface area contributed by atoms with Crippen molar-refractivity contribution in [2.45, 2.75) is 26.7 Å². The van der Waals surface area contributed by atoms with Crippen LogP contribution in [-0.4, -0.2) is 29.0 Å². The molecule has 0 radical (unpaired) electrons. The molecule has 1 N–H and O–H groups in total. The molecule has 23 heavy (non-hydrogen) atoms. The Morgan fingerprint density at radius 2 is 2.17 bits per heavy atom. The van der Waals surface area contributed by atoms with Crippen molar-refractivity contribution in [2.75, 3.05) is 18.4 Å². The monoisotopic (exact) mass is 309 g/mol. The fraction of sp³-hybridized carbons (Fsp3) is 0.368. The molecular formula is C19H23N3O. The average molecular weight is 309 g/mol. The predicted molar refractivity (Wildman–Crippen MR) is 93.4 cm³/mol. The van der Waals surface area contributed by atoms with Gasteiger partial charge in [0.25, 0.3) is 0 Å². The van der Waals surface area contributed by atoms with E-state index in [1.807, 2.05) is 41.3 Å². The Hall–Kier alpha value is -2.36. The summed E-state index contributed by atoms with van der Waals surface area (Å²) >= 11 is 0. The zero-order valence-corrected chi connectivity index (χ0v) is 13.7. The Morgan fingerprint density at radius 3 is 2.91 bits per heavy atom. The fourth-order valence-electron chi connectivity index (χ4n) is 3.07. The number of aromatic nitrogens is 1. The van der Waals surface area contributed by atoms with Crippen molar-refractivity contribution in [3.63, 3.8) is 0 Å². The summed E-state index contributed by atoms with van der Waals surface area (Å²) in [7, 11) is 0. The number of likely N-dealkylation sites (tertiary alicyclic amines) is 1. The van der Waals surface area contributed by atoms with Crippen LogP contribution in [0.3, 0.4) is 0 Å². The Labute approximate surface area is 137 Å². The van der Waals surface area contributed by atoms with Crippen LogP contribution in [0.2, 0.25) is 0 Å². The number of urea groups is 1. The van der Waals surface area contributed by atoms with Gasteiger partial charge in [-0.3, -0.25) is 4.98 Å². The van der Waals surface area contributed by atoms with Crippen LogP contribution in [0.15, 0.2) is 42.6 Å². The summed E-state index contributed by atoms with van der Waals surface area (Å²) < 4.78 is 0. The number of nitrogens with zero attached hydrogens (tertiary/aromatic N) is 2. The van der Waals surface area contributed by atoms with Gasteiger partial charge in [-0.05, 0) is 55.5 Å². The third-order valence-corrected chi connectivity index (χ3v) is 4.37. The molecule has 120 valence electrons. The maximum Gasteiger partial charge on any atom is 0.321 e. The van der Waals surface area contributed by atoms with Crippen LogP contribution >= 0.6 is 0 Å². The molecule has 0 aliphatic carbocycles. The number of pyridine rings is 1. The topological polar surface area (TPSA) is 45.2 Å². The number of aryl methyl sites for hydroxylation is 1. The van der Waals surface area contributed by atoms with Gasteiger partial charge in [-0.25, -0.2) is 4.79 Å². The quantitative estimate of drug-likeness (QED) is 0.898. The summed E-state index contributed by atoms with van der Waals surface area (Å²) in [6, 6.07) is 11.8. The molecule has 1 unspecified atom stereocenters. The van der Waals surface area contributed by atoms with Crippen LogP contribution in [-0.2, 0) is 0 Å². The molecule has 2 heterocycles. The molecule has 0 saturated carbocycles. The van der Waals surface area contributed by atoms with E-state index in [-0.39, 0.29) is 6.03 Å². The molecule has 1 aromatic heterocycles. The SMILES string of the molecule is Cc1ccc(NC(=O)N2CCCC(C)C2)cc1-c1ccccn1. The molecule has 1 aromatic carbocycles. The summed E-state index contributed by atoms with van der Waals surface area (Å²) in [4.78, 5) is 18.8. The summed E-state index contributed by atoms with van der Waals surface area (Å²) in [6.07, 6.45) is 4.08. The lowest BCUT2D eigenvalue weighted by Gasteiger charge is -2.31. The lowest BCUT2D eigenvalue weighted by atomic mass is 10.0. The molecule has 2 aromatic rings. The molecule has 3 rings (SSSR count). The molecule has 0 spiro atoms. The van der Waals surface area contributed by atoms with E-state index in [0.717, 1.165) is 42.0 Å². The first-order chi connectivity index (χ1) is 11.1. The van der Waals surface area contributed by atoms with E-state index < -0.39 is 0 Å². The van der Waals surface area contributed by atoms with Gasteiger partial charge in [0.2, 0.25) is 0 Å². The van der Waals surface area contributed by atoms with Gasteiger partial charge < -0.3 is 10.2 Å². The third-order valence-electron chi connectivity index (χ3n) is 4.37. The number of benzene rings is 1. The van der Waals surface area contributed by atoms with Crippen molar-refractivity contribution in [3.05, 3.63) is 48.2 Å². The second-order valence-corrected chi connectivity index (χ2v) is 6.37. The molecular weight excluding hydrogens is 286 g/mol. The predicted octanol–water partition coefficient (Wildman–Crippen LogP) is 4.32. The molecule has 0 bridgehead atoms. The third kappa shape index (κ3) is 3.70. The standard InChI is InChI=1S/C19H23N3O/c1-14-6-5-11-22(13-14)19(23)21-16-9-8-15(2)17(12-16)18-7-3-4-10-20-18/h3-4,7-10,12,14H,5-6,11,13H2,1-2H3,(H,21,23). The molecule has 1 aliphatic heterocycles. The van der Waals surface area contributed by atoms with Crippen LogP contribution in [0.1, 0.15) is 25.3 Å². The zero-order chi connectivity index (χ0) is 16.2. The van der Waals surface area contributed by atoms with E-state index in [2.05, 4.69) is 24.1 Å². The zero-order valence-electron chi connectivity index (χ0n) is 13.7. The van der Waals surface area contributed by atoms with Crippen LogP contribution in [0.5, 0.6) is 0 Å². The van der Waals surface area contributed by atoms with E-state index in [4.69, 9.17) is 0 Å². The summed E-state index contributed by atoms with van der Waals surface area (Å²) in [6.45, 7) is 5.94. The first-order valence-electron chi connectivity index (χ1n) is 8.21. The molecule has 1 atom stereocenters. The lowest BCUT2D eigenvalue weighted by Crippen LogP contribution is -2.41. The highest BCUT2D eigenvalue weighted by molar-refractivity contribution is 5.90. The van der Waals surface area contributed by atoms with Gasteiger partial charge >= 0.3 is 6.03 Å². The van der Waals surface area contributed by atoms with Crippen molar-refractivity contribution < 1.29 is 4.79 Å². The van der Waals surface area contributed by atoms with Crippen LogP contribution in [0.25, 0.3) is 11.3 Å². The van der Waals surface area contributed by atoms with Crippen LogP contribution < -0.4 is 5.32 Å². The van der Waals surface area contributed by atoms with Gasteiger partial charge in [0.05, 0.1) is 5.69 Å². The molecule has 2 amide bonds. The minimum atomic E-state index is -0.00706. The Balaban J connectivity index is 1.77. The average Bonchev–Trinajstić information content (AvgIpc) is 2.57. The highest BCUT2D eigenvalue weighted by Gasteiger charge is 2.21. The maximum absolute atomic E-state index is 12.4. The Morgan fingerprint density at radius 1 is 1.30 bits per heavy atom. The summed E-state index contributed by atoms with van der Waals surface area (Å²) in [5.74, 6) is 0.580. The minimum absolute atomic E-state index is 0.00706. The molecule has 4 heteroatoms.